The fourth-order valence-corrected chi connectivity index (χ4v) is 4.62. The van der Waals surface area contributed by atoms with Gasteiger partial charge in [0.25, 0.3) is 0 Å². The summed E-state index contributed by atoms with van der Waals surface area (Å²) >= 11 is 7.22. The van der Waals surface area contributed by atoms with Crippen molar-refractivity contribution >= 4 is 40.9 Å². The van der Waals surface area contributed by atoms with E-state index in [-0.39, 0.29) is 24.3 Å². The van der Waals surface area contributed by atoms with Crippen molar-refractivity contribution in [3.8, 4) is 0 Å². The topological polar surface area (TPSA) is 88.9 Å². The van der Waals surface area contributed by atoms with Crippen molar-refractivity contribution in [2.24, 2.45) is 5.92 Å². The number of amides is 2. The average molecular weight is 450 g/mol. The number of aromatic nitrogens is 3. The zero-order valence-corrected chi connectivity index (χ0v) is 18.9. The second-order valence-corrected chi connectivity index (χ2v) is 8.98. The Morgan fingerprint density at radius 1 is 1.17 bits per heavy atom. The van der Waals surface area contributed by atoms with Gasteiger partial charge in [-0.3, -0.25) is 9.59 Å². The van der Waals surface area contributed by atoms with Crippen molar-refractivity contribution in [1.29, 1.82) is 0 Å². The predicted molar refractivity (Wildman–Crippen MR) is 120 cm³/mol. The molecule has 1 fully saturated rings. The summed E-state index contributed by atoms with van der Waals surface area (Å²) in [7, 11) is 0. The molecule has 162 valence electrons. The number of rotatable bonds is 8. The third-order valence-electron chi connectivity index (χ3n) is 5.35. The summed E-state index contributed by atoms with van der Waals surface area (Å²) in [6.45, 7) is 4.80. The molecule has 3 rings (SSSR count). The van der Waals surface area contributed by atoms with Gasteiger partial charge in [-0.2, -0.15) is 0 Å². The van der Waals surface area contributed by atoms with Gasteiger partial charge in [0.05, 0.1) is 12.2 Å². The summed E-state index contributed by atoms with van der Waals surface area (Å²) in [5.74, 6) is 1.23. The molecule has 0 radical (unpaired) electrons. The van der Waals surface area contributed by atoms with Crippen LogP contribution in [0.4, 0.5) is 5.69 Å². The first-order valence-electron chi connectivity index (χ1n) is 10.4. The highest BCUT2D eigenvalue weighted by atomic mass is 35.5. The summed E-state index contributed by atoms with van der Waals surface area (Å²) in [5, 5.41) is 15.6. The minimum atomic E-state index is -0.181. The molecule has 1 aliphatic rings. The molecule has 30 heavy (non-hydrogen) atoms. The van der Waals surface area contributed by atoms with Crippen molar-refractivity contribution in [3.63, 3.8) is 0 Å². The number of anilines is 1. The van der Waals surface area contributed by atoms with Crippen molar-refractivity contribution in [1.82, 2.24) is 20.1 Å². The molecule has 2 aromatic rings. The van der Waals surface area contributed by atoms with Crippen LogP contribution in [0.15, 0.2) is 29.4 Å². The summed E-state index contributed by atoms with van der Waals surface area (Å²) in [6.07, 6.45) is 4.75. The van der Waals surface area contributed by atoms with Crippen molar-refractivity contribution < 1.29 is 9.59 Å². The monoisotopic (exact) mass is 449 g/mol. The Bertz CT molecular complexity index is 871. The molecule has 0 unspecified atom stereocenters. The number of carbonyl (C=O) groups excluding carboxylic acids is 2. The van der Waals surface area contributed by atoms with Gasteiger partial charge in [0.1, 0.15) is 5.82 Å². The van der Waals surface area contributed by atoms with Gasteiger partial charge in [-0.15, -0.1) is 10.2 Å². The van der Waals surface area contributed by atoms with Crippen LogP contribution in [0.1, 0.15) is 45.4 Å². The van der Waals surface area contributed by atoms with Crippen LogP contribution in [0, 0.1) is 5.92 Å². The van der Waals surface area contributed by atoms with Crippen LogP contribution in [0.25, 0.3) is 0 Å². The van der Waals surface area contributed by atoms with Crippen LogP contribution < -0.4 is 10.6 Å². The van der Waals surface area contributed by atoms with E-state index in [0.29, 0.717) is 39.9 Å². The van der Waals surface area contributed by atoms with Crippen LogP contribution >= 0.6 is 23.4 Å². The maximum absolute atomic E-state index is 12.4. The number of nitrogens with zero attached hydrogens (tertiary/aromatic N) is 3. The molecule has 0 aliphatic heterocycles. The lowest BCUT2D eigenvalue weighted by Crippen LogP contribution is -2.41. The van der Waals surface area contributed by atoms with E-state index < -0.39 is 0 Å². The highest BCUT2D eigenvalue weighted by molar-refractivity contribution is 7.99. The molecular weight excluding hydrogens is 422 g/mol. The van der Waals surface area contributed by atoms with E-state index in [4.69, 9.17) is 11.6 Å². The maximum Gasteiger partial charge on any atom is 0.232 e. The first-order valence-corrected chi connectivity index (χ1v) is 11.7. The number of halogens is 1. The van der Waals surface area contributed by atoms with Gasteiger partial charge in [-0.1, -0.05) is 43.1 Å². The SMILES string of the molecule is CCn1c(CC(=O)Nc2ccc(Cl)cc2)nnc1SCC(=O)N[C@@H]1CCCC[C@H]1C. The number of thioether (sulfide) groups is 1. The van der Waals surface area contributed by atoms with Gasteiger partial charge in [0, 0.05) is 23.3 Å². The molecule has 9 heteroatoms. The minimum absolute atomic E-state index is 0.0198. The molecule has 7 nitrogen and oxygen atoms in total. The lowest BCUT2D eigenvalue weighted by molar-refractivity contribution is -0.120. The maximum atomic E-state index is 12.4. The van der Waals surface area contributed by atoms with E-state index in [1.54, 1.807) is 24.3 Å². The molecule has 2 N–H and O–H groups in total. The lowest BCUT2D eigenvalue weighted by atomic mass is 9.86. The van der Waals surface area contributed by atoms with Crippen LogP contribution in [0.5, 0.6) is 0 Å². The van der Waals surface area contributed by atoms with Gasteiger partial charge in [-0.05, 0) is 49.9 Å². The van der Waals surface area contributed by atoms with Crippen molar-refractivity contribution in [2.45, 2.75) is 63.7 Å². The molecule has 0 saturated heterocycles. The van der Waals surface area contributed by atoms with Crippen LogP contribution in [0.2, 0.25) is 5.02 Å². The molecule has 0 bridgehead atoms. The smallest absolute Gasteiger partial charge is 0.232 e. The number of carbonyl (C=O) groups is 2. The first-order chi connectivity index (χ1) is 14.5. The van der Waals surface area contributed by atoms with Crippen molar-refractivity contribution in [2.75, 3.05) is 11.1 Å². The molecule has 2 atom stereocenters. The zero-order chi connectivity index (χ0) is 21.5. The standard InChI is InChI=1S/C21H28ClN5O2S/c1-3-27-18(12-19(28)23-16-10-8-15(22)9-11-16)25-26-21(27)30-13-20(29)24-17-7-5-4-6-14(17)2/h8-11,14,17H,3-7,12-13H2,1-2H3,(H,23,28)(H,24,29)/t14-,17-/m1/s1. The molecule has 2 amide bonds. The fraction of sp³-hybridized carbons (Fsp3) is 0.524. The van der Waals surface area contributed by atoms with E-state index in [1.807, 2.05) is 11.5 Å². The molecule has 1 aliphatic carbocycles. The predicted octanol–water partition coefficient (Wildman–Crippen LogP) is 3.92. The molecule has 0 spiro atoms. The third-order valence-corrected chi connectivity index (χ3v) is 6.57. The first kappa shape index (κ1) is 22.6. The Morgan fingerprint density at radius 3 is 2.60 bits per heavy atom. The van der Waals surface area contributed by atoms with Crippen LogP contribution in [0.3, 0.4) is 0 Å². The fourth-order valence-electron chi connectivity index (χ4n) is 3.67. The summed E-state index contributed by atoms with van der Waals surface area (Å²) in [6, 6.07) is 7.21. The van der Waals surface area contributed by atoms with E-state index in [9.17, 15) is 9.59 Å². The highest BCUT2D eigenvalue weighted by Crippen LogP contribution is 2.24. The number of hydrogen-bond donors (Lipinski definition) is 2. The number of hydrogen-bond acceptors (Lipinski definition) is 5. The average Bonchev–Trinajstić information content (AvgIpc) is 3.11. The molecule has 1 saturated carbocycles. The quantitative estimate of drug-likeness (QED) is 0.596. The summed E-state index contributed by atoms with van der Waals surface area (Å²) in [5.41, 5.74) is 0.676. The third kappa shape index (κ3) is 6.22. The van der Waals surface area contributed by atoms with Crippen molar-refractivity contribution in [3.05, 3.63) is 35.1 Å². The molecular formula is C21H28ClN5O2S. The second-order valence-electron chi connectivity index (χ2n) is 7.60. The van der Waals surface area contributed by atoms with Gasteiger partial charge in [0.15, 0.2) is 5.16 Å². The molecule has 1 heterocycles. The van der Waals surface area contributed by atoms with E-state index in [1.165, 1.54) is 31.0 Å². The number of benzene rings is 1. The van der Waals surface area contributed by atoms with E-state index in [0.717, 1.165) is 6.42 Å². The highest BCUT2D eigenvalue weighted by Gasteiger charge is 2.23. The summed E-state index contributed by atoms with van der Waals surface area (Å²) < 4.78 is 1.88. The second kappa shape index (κ2) is 10.8. The Morgan fingerprint density at radius 2 is 1.90 bits per heavy atom. The normalized spacial score (nSPS) is 18.8. The largest absolute Gasteiger partial charge is 0.352 e. The molecule has 1 aromatic carbocycles. The van der Waals surface area contributed by atoms with E-state index in [2.05, 4.69) is 27.8 Å². The Kier molecular flexibility index (Phi) is 8.16. The summed E-state index contributed by atoms with van der Waals surface area (Å²) in [4.78, 5) is 24.7. The Hall–Kier alpha value is -2.06. The zero-order valence-electron chi connectivity index (χ0n) is 17.4. The molecule has 1 aromatic heterocycles. The van der Waals surface area contributed by atoms with Crippen LogP contribution in [-0.4, -0.2) is 38.4 Å². The van der Waals surface area contributed by atoms with Gasteiger partial charge in [0.2, 0.25) is 11.8 Å². The van der Waals surface area contributed by atoms with Gasteiger partial charge < -0.3 is 15.2 Å². The minimum Gasteiger partial charge on any atom is -0.352 e. The van der Waals surface area contributed by atoms with Gasteiger partial charge in [-0.25, -0.2) is 0 Å². The van der Waals surface area contributed by atoms with Gasteiger partial charge >= 0.3 is 0 Å². The Labute approximate surface area is 186 Å². The Balaban J connectivity index is 1.53. The number of nitrogens with one attached hydrogen (secondary N) is 2. The van der Waals surface area contributed by atoms with E-state index >= 15 is 0 Å². The lowest BCUT2D eigenvalue weighted by Gasteiger charge is -2.29. The van der Waals surface area contributed by atoms with Crippen LogP contribution in [-0.2, 0) is 22.6 Å².